The molecule has 6 nitrogen and oxygen atoms in total. The third-order valence-corrected chi connectivity index (χ3v) is 5.72. The summed E-state index contributed by atoms with van der Waals surface area (Å²) >= 11 is 0. The van der Waals surface area contributed by atoms with Crippen molar-refractivity contribution < 1.29 is 14.2 Å². The summed E-state index contributed by atoms with van der Waals surface area (Å²) in [4.78, 5) is 12.4. The minimum atomic E-state index is 0.645. The van der Waals surface area contributed by atoms with E-state index < -0.39 is 0 Å². The minimum Gasteiger partial charge on any atom is -0.497 e. The van der Waals surface area contributed by atoms with E-state index in [1.807, 2.05) is 24.3 Å². The van der Waals surface area contributed by atoms with E-state index in [4.69, 9.17) is 24.2 Å². The van der Waals surface area contributed by atoms with E-state index in [2.05, 4.69) is 4.90 Å². The van der Waals surface area contributed by atoms with Gasteiger partial charge in [0.05, 0.1) is 26.0 Å². The number of fused-ring (bicyclic) bond motifs is 1. The van der Waals surface area contributed by atoms with Gasteiger partial charge in [0.15, 0.2) is 5.82 Å². The Morgan fingerprint density at radius 2 is 1.79 bits per heavy atom. The number of aromatic nitrogens is 2. The van der Waals surface area contributed by atoms with Crippen LogP contribution in [0.3, 0.4) is 0 Å². The van der Waals surface area contributed by atoms with Gasteiger partial charge in [-0.25, -0.2) is 9.97 Å². The number of rotatable bonds is 5. The van der Waals surface area contributed by atoms with Crippen LogP contribution < -0.4 is 9.64 Å². The monoisotopic (exact) mass is 383 g/mol. The van der Waals surface area contributed by atoms with Gasteiger partial charge in [0, 0.05) is 50.8 Å². The van der Waals surface area contributed by atoms with Gasteiger partial charge < -0.3 is 19.1 Å². The highest BCUT2D eigenvalue weighted by atomic mass is 16.5. The van der Waals surface area contributed by atoms with Gasteiger partial charge in [-0.05, 0) is 43.0 Å². The first kappa shape index (κ1) is 19.2. The first-order valence-corrected chi connectivity index (χ1v) is 10.1. The molecular weight excluding hydrogens is 354 g/mol. The molecule has 0 atom stereocenters. The van der Waals surface area contributed by atoms with Crippen molar-refractivity contribution in [2.75, 3.05) is 52.0 Å². The van der Waals surface area contributed by atoms with Gasteiger partial charge in [-0.2, -0.15) is 0 Å². The lowest BCUT2D eigenvalue weighted by Gasteiger charge is -2.34. The summed E-state index contributed by atoms with van der Waals surface area (Å²) in [5.41, 5.74) is 3.41. The molecule has 0 aliphatic carbocycles. The van der Waals surface area contributed by atoms with Crippen LogP contribution in [0, 0.1) is 5.92 Å². The predicted octanol–water partition coefficient (Wildman–Crippen LogP) is 3.13. The van der Waals surface area contributed by atoms with Gasteiger partial charge in [0.1, 0.15) is 11.6 Å². The topological polar surface area (TPSA) is 56.7 Å². The van der Waals surface area contributed by atoms with Crippen LogP contribution in [0.5, 0.6) is 5.75 Å². The molecule has 3 heterocycles. The highest BCUT2D eigenvalue weighted by Gasteiger charge is 2.25. The molecule has 0 N–H and O–H groups in total. The van der Waals surface area contributed by atoms with E-state index in [-0.39, 0.29) is 0 Å². The summed E-state index contributed by atoms with van der Waals surface area (Å²) in [6.45, 7) is 4.34. The van der Waals surface area contributed by atoms with Gasteiger partial charge in [-0.3, -0.25) is 0 Å². The third kappa shape index (κ3) is 4.13. The van der Waals surface area contributed by atoms with Gasteiger partial charge in [-0.15, -0.1) is 0 Å². The van der Waals surface area contributed by atoms with Crippen molar-refractivity contribution >= 4 is 5.82 Å². The lowest BCUT2D eigenvalue weighted by molar-refractivity contribution is 0.139. The van der Waals surface area contributed by atoms with Crippen LogP contribution >= 0.6 is 0 Å². The van der Waals surface area contributed by atoms with Crippen molar-refractivity contribution in [2.45, 2.75) is 25.7 Å². The number of methoxy groups -OCH3 is 2. The molecule has 150 valence electrons. The number of anilines is 1. The molecule has 0 spiro atoms. The third-order valence-electron chi connectivity index (χ3n) is 5.72. The van der Waals surface area contributed by atoms with Crippen LogP contribution in [-0.4, -0.2) is 57.1 Å². The molecule has 28 heavy (non-hydrogen) atoms. The van der Waals surface area contributed by atoms with E-state index >= 15 is 0 Å². The van der Waals surface area contributed by atoms with Gasteiger partial charge >= 0.3 is 0 Å². The molecule has 1 aromatic carbocycles. The van der Waals surface area contributed by atoms with E-state index in [9.17, 15) is 0 Å². The first-order valence-electron chi connectivity index (χ1n) is 10.1. The summed E-state index contributed by atoms with van der Waals surface area (Å²) in [7, 11) is 3.47. The number of ether oxygens (including phenoxy) is 3. The molecule has 1 aromatic heterocycles. The second-order valence-electron chi connectivity index (χ2n) is 7.52. The molecule has 0 unspecified atom stereocenters. The van der Waals surface area contributed by atoms with E-state index in [1.165, 1.54) is 5.56 Å². The number of piperidine rings is 1. The Bertz CT molecular complexity index is 786. The first-order chi connectivity index (χ1) is 13.8. The molecule has 2 aromatic rings. The summed E-state index contributed by atoms with van der Waals surface area (Å²) in [5, 5.41) is 0. The largest absolute Gasteiger partial charge is 0.497 e. The summed E-state index contributed by atoms with van der Waals surface area (Å²) in [6, 6.07) is 7.98. The molecule has 6 heteroatoms. The summed E-state index contributed by atoms with van der Waals surface area (Å²) < 4.78 is 16.4. The number of benzene rings is 1. The minimum absolute atomic E-state index is 0.645. The molecule has 4 rings (SSSR count). The molecule has 0 amide bonds. The van der Waals surface area contributed by atoms with E-state index in [0.29, 0.717) is 5.92 Å². The Morgan fingerprint density at radius 1 is 1.04 bits per heavy atom. The Kier molecular flexibility index (Phi) is 6.07. The molecule has 2 aliphatic rings. The fourth-order valence-corrected chi connectivity index (χ4v) is 4.10. The Hall–Kier alpha value is -2.18. The second kappa shape index (κ2) is 8.88. The SMILES string of the molecule is COCC1CCN(c2nc(-c3ccc(OC)cc3)nc3c2CCOCC3)CC1. The Labute approximate surface area is 166 Å². The smallest absolute Gasteiger partial charge is 0.161 e. The number of nitrogens with zero attached hydrogens (tertiary/aromatic N) is 3. The van der Waals surface area contributed by atoms with Crippen LogP contribution in [0.4, 0.5) is 5.82 Å². The highest BCUT2D eigenvalue weighted by molar-refractivity contribution is 5.62. The lowest BCUT2D eigenvalue weighted by Crippen LogP contribution is -2.36. The van der Waals surface area contributed by atoms with Crippen molar-refractivity contribution in [1.29, 1.82) is 0 Å². The maximum atomic E-state index is 5.72. The molecule has 2 aliphatic heterocycles. The summed E-state index contributed by atoms with van der Waals surface area (Å²) in [5.74, 6) is 3.37. The number of hydrogen-bond acceptors (Lipinski definition) is 6. The Morgan fingerprint density at radius 3 is 2.50 bits per heavy atom. The lowest BCUT2D eigenvalue weighted by atomic mass is 9.97. The normalized spacial score (nSPS) is 17.9. The fourth-order valence-electron chi connectivity index (χ4n) is 4.10. The summed E-state index contributed by atoms with van der Waals surface area (Å²) in [6.07, 6.45) is 4.00. The molecule has 0 bridgehead atoms. The molecular formula is C22H29N3O3. The molecule has 0 saturated carbocycles. The second-order valence-corrected chi connectivity index (χ2v) is 7.52. The average Bonchev–Trinajstić information content (AvgIpc) is 2.99. The van der Waals surface area contributed by atoms with Crippen molar-refractivity contribution in [1.82, 2.24) is 9.97 Å². The number of hydrogen-bond donors (Lipinski definition) is 0. The maximum Gasteiger partial charge on any atom is 0.161 e. The van der Waals surface area contributed by atoms with Gasteiger partial charge in [0.2, 0.25) is 0 Å². The van der Waals surface area contributed by atoms with Gasteiger partial charge in [-0.1, -0.05) is 0 Å². The van der Waals surface area contributed by atoms with Crippen LogP contribution in [-0.2, 0) is 22.3 Å². The van der Waals surface area contributed by atoms with Crippen molar-refractivity contribution in [3.63, 3.8) is 0 Å². The van der Waals surface area contributed by atoms with Crippen molar-refractivity contribution in [2.24, 2.45) is 5.92 Å². The quantitative estimate of drug-likeness (QED) is 0.791. The van der Waals surface area contributed by atoms with Crippen molar-refractivity contribution in [3.8, 4) is 17.1 Å². The van der Waals surface area contributed by atoms with Crippen molar-refractivity contribution in [3.05, 3.63) is 35.5 Å². The zero-order valence-corrected chi connectivity index (χ0v) is 16.8. The standard InChI is InChI=1S/C22H29N3O3/c1-26-15-16-7-11-25(12-8-16)22-19-9-13-28-14-10-20(19)23-21(24-22)17-3-5-18(27-2)6-4-17/h3-6,16H,7-15H2,1-2H3. The van der Waals surface area contributed by atoms with Crippen LogP contribution in [0.2, 0.25) is 0 Å². The molecule has 0 radical (unpaired) electrons. The van der Waals surface area contributed by atoms with Crippen LogP contribution in [0.15, 0.2) is 24.3 Å². The zero-order chi connectivity index (χ0) is 19.3. The predicted molar refractivity (Wildman–Crippen MR) is 109 cm³/mol. The molecule has 1 saturated heterocycles. The Balaban J connectivity index is 1.67. The fraction of sp³-hybridized carbons (Fsp3) is 0.545. The van der Waals surface area contributed by atoms with E-state index in [0.717, 1.165) is 87.2 Å². The molecule has 1 fully saturated rings. The van der Waals surface area contributed by atoms with Crippen LogP contribution in [0.25, 0.3) is 11.4 Å². The maximum absolute atomic E-state index is 5.72. The van der Waals surface area contributed by atoms with Crippen LogP contribution in [0.1, 0.15) is 24.1 Å². The van der Waals surface area contributed by atoms with Gasteiger partial charge in [0.25, 0.3) is 0 Å². The zero-order valence-electron chi connectivity index (χ0n) is 16.8. The average molecular weight is 383 g/mol. The highest BCUT2D eigenvalue weighted by Crippen LogP contribution is 2.31. The van der Waals surface area contributed by atoms with E-state index in [1.54, 1.807) is 14.2 Å².